The van der Waals surface area contributed by atoms with Gasteiger partial charge in [-0.3, -0.25) is 4.98 Å². The molecule has 0 saturated heterocycles. The number of nitrogens with zero attached hydrogens (tertiary/aromatic N) is 3. The van der Waals surface area contributed by atoms with Gasteiger partial charge in [0.2, 0.25) is 0 Å². The Hall–Kier alpha value is -2.73. The van der Waals surface area contributed by atoms with E-state index in [-0.39, 0.29) is 5.82 Å². The van der Waals surface area contributed by atoms with Crippen molar-refractivity contribution in [2.75, 3.05) is 19.8 Å². The average Bonchev–Trinajstić information content (AvgIpc) is 2.88. The zero-order chi connectivity index (χ0) is 21.4. The lowest BCUT2D eigenvalue weighted by Crippen LogP contribution is -2.19. The van der Waals surface area contributed by atoms with Gasteiger partial charge in [0, 0.05) is 41.2 Å². The summed E-state index contributed by atoms with van der Waals surface area (Å²) in [5.74, 6) is 1.36. The normalized spacial score (nSPS) is 16.5. The molecule has 1 saturated carbocycles. The van der Waals surface area contributed by atoms with Crippen molar-refractivity contribution in [2.45, 2.75) is 46.1 Å². The Morgan fingerprint density at radius 2 is 1.87 bits per heavy atom. The van der Waals surface area contributed by atoms with Gasteiger partial charge >= 0.3 is 0 Å². The highest BCUT2D eigenvalue weighted by Gasteiger charge is 2.23. The van der Waals surface area contributed by atoms with Crippen molar-refractivity contribution in [3.05, 3.63) is 53.2 Å². The predicted octanol–water partition coefficient (Wildman–Crippen LogP) is 5.12. The van der Waals surface area contributed by atoms with Gasteiger partial charge in [-0.15, -0.1) is 0 Å². The van der Waals surface area contributed by atoms with Gasteiger partial charge in [0.25, 0.3) is 0 Å². The van der Waals surface area contributed by atoms with Gasteiger partial charge in [-0.05, 0) is 62.9 Å². The molecule has 1 fully saturated rings. The van der Waals surface area contributed by atoms with E-state index in [1.807, 2.05) is 13.8 Å². The van der Waals surface area contributed by atoms with Gasteiger partial charge < -0.3 is 14.0 Å². The molecule has 0 amide bonds. The first-order chi connectivity index (χ1) is 15.1. The summed E-state index contributed by atoms with van der Waals surface area (Å²) in [7, 11) is 0. The van der Waals surface area contributed by atoms with E-state index in [9.17, 15) is 4.39 Å². The number of ether oxygens (including phenoxy) is 2. The number of fused-ring (bicyclic) bond motifs is 1. The van der Waals surface area contributed by atoms with E-state index < -0.39 is 0 Å². The molecule has 0 N–H and O–H groups in total. The number of benzene rings is 1. The van der Waals surface area contributed by atoms with E-state index >= 15 is 0 Å². The first-order valence-electron chi connectivity index (χ1n) is 11.1. The van der Waals surface area contributed by atoms with Crippen molar-refractivity contribution in [1.82, 2.24) is 14.5 Å². The van der Waals surface area contributed by atoms with Crippen molar-refractivity contribution < 1.29 is 13.9 Å². The SMILES string of the molecule is Cc1cc(-c2nc(-c3ccc(F)c(OCC4CCC4)c3)n3c2CCOCC3)cc(C)n1. The molecule has 2 aromatic heterocycles. The van der Waals surface area contributed by atoms with Crippen LogP contribution < -0.4 is 4.74 Å². The minimum atomic E-state index is -0.324. The third-order valence-electron chi connectivity index (χ3n) is 6.26. The topological polar surface area (TPSA) is 49.2 Å². The van der Waals surface area contributed by atoms with E-state index in [2.05, 4.69) is 21.7 Å². The summed E-state index contributed by atoms with van der Waals surface area (Å²) in [6.07, 6.45) is 4.37. The van der Waals surface area contributed by atoms with Gasteiger partial charge in [0.15, 0.2) is 11.6 Å². The third-order valence-corrected chi connectivity index (χ3v) is 6.26. The van der Waals surface area contributed by atoms with Crippen LogP contribution >= 0.6 is 0 Å². The monoisotopic (exact) mass is 421 g/mol. The zero-order valence-corrected chi connectivity index (χ0v) is 18.2. The van der Waals surface area contributed by atoms with Crippen LogP contribution in [0.5, 0.6) is 5.75 Å². The largest absolute Gasteiger partial charge is 0.490 e. The first-order valence-corrected chi connectivity index (χ1v) is 11.1. The summed E-state index contributed by atoms with van der Waals surface area (Å²) in [6.45, 7) is 6.60. The highest BCUT2D eigenvalue weighted by atomic mass is 19.1. The molecule has 31 heavy (non-hydrogen) atoms. The standard InChI is InChI=1S/C25H28FN3O2/c1-16-12-20(13-17(2)27-16)24-22-8-10-30-11-9-29(22)25(28-24)19-6-7-21(26)23(14-19)31-15-18-4-3-5-18/h6-7,12-14,18H,3-5,8-11,15H2,1-2H3. The van der Waals surface area contributed by atoms with Crippen LogP contribution in [0.1, 0.15) is 36.3 Å². The van der Waals surface area contributed by atoms with Crippen molar-refractivity contribution in [2.24, 2.45) is 5.92 Å². The molecule has 5 nitrogen and oxygen atoms in total. The summed E-state index contributed by atoms with van der Waals surface area (Å²) in [4.78, 5) is 9.56. The molecule has 5 rings (SSSR count). The molecule has 3 heterocycles. The smallest absolute Gasteiger partial charge is 0.165 e. The molecule has 0 atom stereocenters. The average molecular weight is 422 g/mol. The minimum Gasteiger partial charge on any atom is -0.490 e. The van der Waals surface area contributed by atoms with E-state index in [4.69, 9.17) is 14.5 Å². The van der Waals surface area contributed by atoms with Gasteiger partial charge in [0.05, 0.1) is 25.5 Å². The molecule has 3 aromatic rings. The number of pyridine rings is 1. The number of rotatable bonds is 5. The Labute approximate surface area is 182 Å². The fourth-order valence-electron chi connectivity index (χ4n) is 4.45. The molecular formula is C25H28FN3O2. The number of aryl methyl sites for hydroxylation is 2. The highest BCUT2D eigenvalue weighted by Crippen LogP contribution is 2.34. The molecule has 0 spiro atoms. The first kappa shape index (κ1) is 20.2. The van der Waals surface area contributed by atoms with E-state index in [0.29, 0.717) is 31.5 Å². The zero-order valence-electron chi connectivity index (χ0n) is 18.2. The molecule has 1 aliphatic heterocycles. The Morgan fingerprint density at radius 1 is 1.06 bits per heavy atom. The highest BCUT2D eigenvalue weighted by molar-refractivity contribution is 5.69. The van der Waals surface area contributed by atoms with Crippen LogP contribution in [0.4, 0.5) is 4.39 Å². The summed E-state index contributed by atoms with van der Waals surface area (Å²) in [5, 5.41) is 0. The Kier molecular flexibility index (Phi) is 5.48. The second kappa shape index (κ2) is 8.42. The van der Waals surface area contributed by atoms with Crippen molar-refractivity contribution >= 4 is 0 Å². The molecule has 0 unspecified atom stereocenters. The third kappa shape index (κ3) is 4.09. The van der Waals surface area contributed by atoms with Gasteiger partial charge in [-0.1, -0.05) is 6.42 Å². The van der Waals surface area contributed by atoms with Crippen LogP contribution in [-0.4, -0.2) is 34.4 Å². The summed E-state index contributed by atoms with van der Waals surface area (Å²) in [5.41, 5.74) is 5.97. The molecular weight excluding hydrogens is 393 g/mol. The number of imidazole rings is 1. The lowest BCUT2D eigenvalue weighted by Gasteiger charge is -2.25. The molecule has 162 valence electrons. The van der Waals surface area contributed by atoms with Crippen LogP contribution in [0.15, 0.2) is 30.3 Å². The fraction of sp³-hybridized carbons (Fsp3) is 0.440. The molecule has 1 aromatic carbocycles. The van der Waals surface area contributed by atoms with Crippen LogP contribution in [0.2, 0.25) is 0 Å². The second-order valence-electron chi connectivity index (χ2n) is 8.64. The molecule has 0 radical (unpaired) electrons. The Bertz CT molecular complexity index is 1080. The van der Waals surface area contributed by atoms with Crippen LogP contribution in [0.25, 0.3) is 22.6 Å². The quantitative estimate of drug-likeness (QED) is 0.574. The number of hydrogen-bond donors (Lipinski definition) is 0. The van der Waals surface area contributed by atoms with Crippen LogP contribution in [0, 0.1) is 25.6 Å². The number of halogens is 1. The lowest BCUT2D eigenvalue weighted by molar-refractivity contribution is 0.140. The lowest BCUT2D eigenvalue weighted by atomic mass is 9.86. The molecule has 1 aliphatic carbocycles. The summed E-state index contributed by atoms with van der Waals surface area (Å²) < 4.78 is 28.3. The van der Waals surface area contributed by atoms with Gasteiger partial charge in [-0.2, -0.15) is 0 Å². The molecule has 0 bridgehead atoms. The van der Waals surface area contributed by atoms with E-state index in [1.54, 1.807) is 12.1 Å². The maximum atomic E-state index is 14.4. The van der Waals surface area contributed by atoms with Gasteiger partial charge in [0.1, 0.15) is 5.82 Å². The van der Waals surface area contributed by atoms with Crippen molar-refractivity contribution in [3.63, 3.8) is 0 Å². The molecule has 2 aliphatic rings. The number of aromatic nitrogens is 3. The Morgan fingerprint density at radius 3 is 2.61 bits per heavy atom. The van der Waals surface area contributed by atoms with Crippen LogP contribution in [-0.2, 0) is 17.7 Å². The maximum absolute atomic E-state index is 14.4. The minimum absolute atomic E-state index is 0.309. The summed E-state index contributed by atoms with van der Waals surface area (Å²) in [6, 6.07) is 9.22. The van der Waals surface area contributed by atoms with Crippen LogP contribution in [0.3, 0.4) is 0 Å². The fourth-order valence-corrected chi connectivity index (χ4v) is 4.45. The van der Waals surface area contributed by atoms with Crippen molar-refractivity contribution in [3.8, 4) is 28.4 Å². The second-order valence-corrected chi connectivity index (χ2v) is 8.64. The van der Waals surface area contributed by atoms with E-state index in [1.165, 1.54) is 25.3 Å². The number of hydrogen-bond acceptors (Lipinski definition) is 4. The maximum Gasteiger partial charge on any atom is 0.165 e. The summed E-state index contributed by atoms with van der Waals surface area (Å²) >= 11 is 0. The molecule has 6 heteroatoms. The Balaban J connectivity index is 1.56. The van der Waals surface area contributed by atoms with Gasteiger partial charge in [-0.25, -0.2) is 9.37 Å². The van der Waals surface area contributed by atoms with E-state index in [0.717, 1.165) is 52.7 Å². The predicted molar refractivity (Wildman–Crippen MR) is 118 cm³/mol. The van der Waals surface area contributed by atoms with Crippen molar-refractivity contribution in [1.29, 1.82) is 0 Å².